The average Bonchev–Trinajstić information content (AvgIpc) is 2.83. The van der Waals surface area contributed by atoms with Crippen molar-refractivity contribution in [3.05, 3.63) is 71.8 Å². The molecule has 0 amide bonds. The van der Waals surface area contributed by atoms with E-state index in [2.05, 4.69) is 72.3 Å². The van der Waals surface area contributed by atoms with Crippen LogP contribution in [0, 0.1) is 0 Å². The Kier molecular flexibility index (Phi) is 2.32. The van der Waals surface area contributed by atoms with Gasteiger partial charge in [0.25, 0.3) is 0 Å². The van der Waals surface area contributed by atoms with Crippen molar-refractivity contribution in [2.45, 2.75) is 12.8 Å². The number of rotatable bonds is 1. The van der Waals surface area contributed by atoms with Gasteiger partial charge in [-0.3, -0.25) is 0 Å². The Labute approximate surface area is 129 Å². The summed E-state index contributed by atoms with van der Waals surface area (Å²) in [5.74, 6) is 0. The summed E-state index contributed by atoms with van der Waals surface area (Å²) in [6.45, 7) is 0. The number of hydrogen-bond donors (Lipinski definition) is 0. The highest BCUT2D eigenvalue weighted by atomic mass is 14.9. The molecule has 0 atom stereocenters. The second kappa shape index (κ2) is 4.23. The summed E-state index contributed by atoms with van der Waals surface area (Å²) in [6, 6.07) is 22.0. The van der Waals surface area contributed by atoms with Gasteiger partial charge in [-0.15, -0.1) is 0 Å². The maximum absolute atomic E-state index is 2.40. The fourth-order valence-corrected chi connectivity index (χ4v) is 3.92. The predicted octanol–water partition coefficient (Wildman–Crippen LogP) is 5.10. The van der Waals surface area contributed by atoms with E-state index in [-0.39, 0.29) is 0 Å². The van der Waals surface area contributed by atoms with Crippen LogP contribution in [0.5, 0.6) is 0 Å². The molecule has 0 unspecified atom stereocenters. The van der Waals surface area contributed by atoms with Crippen molar-refractivity contribution in [1.82, 2.24) is 4.57 Å². The van der Waals surface area contributed by atoms with Gasteiger partial charge in [0.1, 0.15) is 0 Å². The molecule has 1 aromatic heterocycles. The molecule has 3 aromatic carbocycles. The van der Waals surface area contributed by atoms with Gasteiger partial charge in [-0.2, -0.15) is 0 Å². The lowest BCUT2D eigenvalue weighted by molar-refractivity contribution is 0.844. The number of aryl methyl sites for hydroxylation is 2. The van der Waals surface area contributed by atoms with Crippen LogP contribution in [0.25, 0.3) is 32.9 Å². The van der Waals surface area contributed by atoms with Crippen LogP contribution in [-0.4, -0.2) is 4.57 Å². The lowest BCUT2D eigenvalue weighted by atomic mass is 9.80. The number of hydrogen-bond acceptors (Lipinski definition) is 0. The van der Waals surface area contributed by atoms with E-state index in [1.54, 1.807) is 5.56 Å². The van der Waals surface area contributed by atoms with Gasteiger partial charge in [0, 0.05) is 28.9 Å². The van der Waals surface area contributed by atoms with Gasteiger partial charge in [0.05, 0.1) is 0 Å². The Hall–Kier alpha value is -2.54. The van der Waals surface area contributed by atoms with Gasteiger partial charge in [0.15, 0.2) is 0 Å². The Balaban J connectivity index is 2.04. The first-order valence-corrected chi connectivity index (χ1v) is 7.92. The minimum Gasteiger partial charge on any atom is -0.344 e. The summed E-state index contributed by atoms with van der Waals surface area (Å²) < 4.78 is 2.34. The molecule has 0 radical (unpaired) electrons. The maximum Gasteiger partial charge on any atom is 0.0498 e. The van der Waals surface area contributed by atoms with Crippen LogP contribution in [0.1, 0.15) is 11.1 Å². The maximum atomic E-state index is 2.40. The molecule has 22 heavy (non-hydrogen) atoms. The molecule has 0 saturated heterocycles. The Morgan fingerprint density at radius 1 is 0.818 bits per heavy atom. The third-order valence-corrected chi connectivity index (χ3v) is 5.11. The molecule has 1 aliphatic carbocycles. The molecule has 0 aliphatic heterocycles. The van der Waals surface area contributed by atoms with E-state index < -0.39 is 0 Å². The molecule has 0 N–H and O–H groups in total. The van der Waals surface area contributed by atoms with E-state index in [1.807, 2.05) is 0 Å². The summed E-state index contributed by atoms with van der Waals surface area (Å²) in [7, 11) is 2.19. The second-order valence-corrected chi connectivity index (χ2v) is 6.23. The minimum absolute atomic E-state index is 1.21. The third kappa shape index (κ3) is 1.43. The molecule has 1 aliphatic rings. The number of fused-ring (bicyclic) bond motifs is 4. The van der Waals surface area contributed by atoms with Gasteiger partial charge in [0.2, 0.25) is 0 Å². The first-order chi connectivity index (χ1) is 10.8. The largest absolute Gasteiger partial charge is 0.344 e. The summed E-state index contributed by atoms with van der Waals surface area (Å²) in [5, 5.41) is 2.79. The summed E-state index contributed by atoms with van der Waals surface area (Å²) >= 11 is 0. The Morgan fingerprint density at radius 3 is 2.36 bits per heavy atom. The molecule has 1 heteroatoms. The van der Waals surface area contributed by atoms with Crippen molar-refractivity contribution < 1.29 is 0 Å². The smallest absolute Gasteiger partial charge is 0.0498 e. The fraction of sp³-hybridized carbons (Fsp3) is 0.143. The quantitative estimate of drug-likeness (QED) is 0.458. The van der Waals surface area contributed by atoms with Crippen LogP contribution >= 0.6 is 0 Å². The van der Waals surface area contributed by atoms with Crippen molar-refractivity contribution in [3.63, 3.8) is 0 Å². The van der Waals surface area contributed by atoms with Crippen molar-refractivity contribution >= 4 is 21.8 Å². The van der Waals surface area contributed by atoms with Crippen LogP contribution in [0.2, 0.25) is 0 Å². The number of nitrogens with zero attached hydrogens (tertiary/aromatic N) is 1. The molecule has 0 fully saturated rings. The van der Waals surface area contributed by atoms with Crippen molar-refractivity contribution in [1.29, 1.82) is 0 Å². The highest BCUT2D eigenvalue weighted by Crippen LogP contribution is 2.43. The summed E-state index contributed by atoms with van der Waals surface area (Å²) in [6.07, 6.45) is 2.42. The lowest BCUT2D eigenvalue weighted by Gasteiger charge is -2.24. The van der Waals surface area contributed by atoms with Gasteiger partial charge < -0.3 is 4.57 Å². The SMILES string of the molecule is Cn1c2ccccc2c2c(-c3ccccc3)c3c(cc21)CC3. The van der Waals surface area contributed by atoms with Crippen LogP contribution in [0.15, 0.2) is 60.7 Å². The second-order valence-electron chi connectivity index (χ2n) is 6.23. The molecule has 1 nitrogen and oxygen atoms in total. The first kappa shape index (κ1) is 12.0. The number of benzene rings is 3. The zero-order valence-electron chi connectivity index (χ0n) is 12.6. The van der Waals surface area contributed by atoms with Gasteiger partial charge >= 0.3 is 0 Å². The third-order valence-electron chi connectivity index (χ3n) is 5.11. The monoisotopic (exact) mass is 283 g/mol. The van der Waals surface area contributed by atoms with Crippen LogP contribution in [0.4, 0.5) is 0 Å². The van der Waals surface area contributed by atoms with E-state index in [1.165, 1.54) is 51.3 Å². The predicted molar refractivity (Wildman–Crippen MR) is 93.3 cm³/mol. The topological polar surface area (TPSA) is 4.93 Å². The van der Waals surface area contributed by atoms with E-state index in [4.69, 9.17) is 0 Å². The van der Waals surface area contributed by atoms with Crippen molar-refractivity contribution in [2.24, 2.45) is 7.05 Å². The normalized spacial score (nSPS) is 13.3. The Morgan fingerprint density at radius 2 is 1.59 bits per heavy atom. The summed E-state index contributed by atoms with van der Waals surface area (Å²) in [4.78, 5) is 0. The van der Waals surface area contributed by atoms with Crippen LogP contribution < -0.4 is 0 Å². The standard InChI is InChI=1S/C21H17N/c1-22-18-10-6-5-9-17(18)21-19(22)13-15-11-12-16(15)20(21)14-7-3-2-4-8-14/h2-10,13H,11-12H2,1H3. The van der Waals surface area contributed by atoms with E-state index in [0.29, 0.717) is 0 Å². The van der Waals surface area contributed by atoms with E-state index in [0.717, 1.165) is 0 Å². The van der Waals surface area contributed by atoms with Gasteiger partial charge in [-0.1, -0.05) is 48.5 Å². The highest BCUT2D eigenvalue weighted by molar-refractivity contribution is 6.16. The highest BCUT2D eigenvalue weighted by Gasteiger charge is 2.24. The van der Waals surface area contributed by atoms with Crippen LogP contribution in [-0.2, 0) is 19.9 Å². The summed E-state index contributed by atoms with van der Waals surface area (Å²) in [5.41, 5.74) is 8.56. The molecular weight excluding hydrogens is 266 g/mol. The molecule has 1 heterocycles. The van der Waals surface area contributed by atoms with Gasteiger partial charge in [-0.25, -0.2) is 0 Å². The van der Waals surface area contributed by atoms with Crippen LogP contribution in [0.3, 0.4) is 0 Å². The zero-order valence-corrected chi connectivity index (χ0v) is 12.6. The van der Waals surface area contributed by atoms with E-state index >= 15 is 0 Å². The van der Waals surface area contributed by atoms with Crippen molar-refractivity contribution in [2.75, 3.05) is 0 Å². The molecule has 0 spiro atoms. The molecule has 0 bridgehead atoms. The molecular formula is C21H17N. The lowest BCUT2D eigenvalue weighted by Crippen LogP contribution is -2.10. The molecule has 4 aromatic rings. The number of aromatic nitrogens is 1. The first-order valence-electron chi connectivity index (χ1n) is 7.92. The van der Waals surface area contributed by atoms with E-state index in [9.17, 15) is 0 Å². The fourth-order valence-electron chi connectivity index (χ4n) is 3.92. The average molecular weight is 283 g/mol. The van der Waals surface area contributed by atoms with Crippen molar-refractivity contribution in [3.8, 4) is 11.1 Å². The molecule has 5 rings (SSSR count). The Bertz CT molecular complexity index is 1020. The van der Waals surface area contributed by atoms with Gasteiger partial charge in [-0.05, 0) is 47.2 Å². The molecule has 106 valence electrons. The minimum atomic E-state index is 1.21. The zero-order chi connectivity index (χ0) is 14.7. The number of para-hydroxylation sites is 1. The molecule has 0 saturated carbocycles.